The summed E-state index contributed by atoms with van der Waals surface area (Å²) in [5.41, 5.74) is 3.40. The van der Waals surface area contributed by atoms with Crippen LogP contribution in [0.1, 0.15) is 52.0 Å². The molecule has 3 aromatic carbocycles. The first-order valence-electron chi connectivity index (χ1n) is 20.9. The standard InChI is InChI=1S/C44H41B2ClN6O14S2/c1-5-32(41(58)65-45)67-50-35(30-21-68-23(2)48-30)31(54)18-29-39(57)51-22-44(42(59)66-46,69-40(29)51)52-16-17-53(43(52)60)49-38(56)36(55)28-14-15-33(63-19-24-6-10-26(61-3)11-7-24)37(34(28)47)64-20-25-8-12-27(62-4)13-9-25/h6-15,21,29,32,40H,5,16-20,22H2,1-4H3,(H,49,56)/b50-35-/t29?,32-,40+,44+/m0/s1. The van der Waals surface area contributed by atoms with Crippen LogP contribution in [0.4, 0.5) is 4.79 Å². The van der Waals surface area contributed by atoms with Crippen LogP contribution < -0.4 is 24.4 Å². The molecule has 4 atom stereocenters. The number of ether oxygens (including phenoxy) is 4. The van der Waals surface area contributed by atoms with Crippen molar-refractivity contribution in [2.24, 2.45) is 11.1 Å². The third-order valence-electron chi connectivity index (χ3n) is 11.2. The molecule has 1 aromatic heterocycles. The van der Waals surface area contributed by atoms with Crippen molar-refractivity contribution in [3.8, 4) is 23.0 Å². The number of benzene rings is 3. The summed E-state index contributed by atoms with van der Waals surface area (Å²) in [6.07, 6.45) is -1.56. The predicted molar refractivity (Wildman–Crippen MR) is 249 cm³/mol. The van der Waals surface area contributed by atoms with Gasteiger partial charge in [-0.05, 0) is 60.9 Å². The van der Waals surface area contributed by atoms with E-state index >= 15 is 0 Å². The van der Waals surface area contributed by atoms with Crippen LogP contribution in [0.2, 0.25) is 5.02 Å². The molecule has 356 valence electrons. The smallest absolute Gasteiger partial charge is 0.378 e. The maximum absolute atomic E-state index is 14.1. The summed E-state index contributed by atoms with van der Waals surface area (Å²) < 4.78 is 31.6. The molecule has 4 amide bonds. The lowest BCUT2D eigenvalue weighted by Crippen LogP contribution is -2.60. The number of hydrogen-bond donors (Lipinski definition) is 1. The molecule has 69 heavy (non-hydrogen) atoms. The van der Waals surface area contributed by atoms with Crippen molar-refractivity contribution < 1.29 is 66.7 Å². The Morgan fingerprint density at radius 3 is 2.16 bits per heavy atom. The number of rotatable bonds is 21. The van der Waals surface area contributed by atoms with Gasteiger partial charge in [0.25, 0.3) is 5.78 Å². The van der Waals surface area contributed by atoms with E-state index in [4.69, 9.17) is 51.5 Å². The summed E-state index contributed by atoms with van der Waals surface area (Å²) in [5, 5.41) is 5.83. The number of ketones is 2. The number of nitrogens with one attached hydrogen (secondary N) is 1. The highest BCUT2D eigenvalue weighted by atomic mass is 35.5. The second kappa shape index (κ2) is 21.7. The van der Waals surface area contributed by atoms with Crippen LogP contribution in [-0.4, -0.2) is 133 Å². The Balaban J connectivity index is 1.05. The molecule has 4 heterocycles. The van der Waals surface area contributed by atoms with E-state index in [0.29, 0.717) is 16.5 Å². The number of hydrazine groups is 1. The van der Waals surface area contributed by atoms with Gasteiger partial charge in [0.05, 0.1) is 54.2 Å². The number of thiazole rings is 1. The van der Waals surface area contributed by atoms with Gasteiger partial charge >= 0.3 is 40.0 Å². The van der Waals surface area contributed by atoms with E-state index in [1.807, 2.05) is 0 Å². The number of halogens is 1. The average Bonchev–Trinajstić information content (AvgIpc) is 4.08. The summed E-state index contributed by atoms with van der Waals surface area (Å²) in [4.78, 5) is 105. The van der Waals surface area contributed by atoms with Gasteiger partial charge in [0.1, 0.15) is 30.4 Å². The molecule has 1 N–H and O–H groups in total. The van der Waals surface area contributed by atoms with E-state index < -0.39 is 70.0 Å². The van der Waals surface area contributed by atoms with Gasteiger partial charge in [-0.2, -0.15) is 0 Å². The number of hydrogen-bond acceptors (Lipinski definition) is 18. The summed E-state index contributed by atoms with van der Waals surface area (Å²) >= 11 is 8.89. The largest absolute Gasteiger partial charge is 0.541 e. The number of methoxy groups -OCH3 is 2. The Morgan fingerprint density at radius 1 is 0.928 bits per heavy atom. The van der Waals surface area contributed by atoms with E-state index in [2.05, 4.69) is 24.9 Å². The maximum atomic E-state index is 14.1. The highest BCUT2D eigenvalue weighted by molar-refractivity contribution is 8.02. The number of thioether (sulfide) groups is 1. The minimum absolute atomic E-state index is 0.0124. The van der Waals surface area contributed by atoms with E-state index in [1.54, 1.807) is 74.9 Å². The molecule has 0 aliphatic carbocycles. The molecule has 1 unspecified atom stereocenters. The number of carbonyl (C=O) groups is 7. The molecule has 0 bridgehead atoms. The number of aromatic nitrogens is 1. The van der Waals surface area contributed by atoms with Crippen molar-refractivity contribution in [1.29, 1.82) is 0 Å². The quantitative estimate of drug-likeness (QED) is 0.0312. The number of fused-ring (bicyclic) bond motifs is 1. The topological polar surface area (TPSA) is 231 Å². The SMILES string of the molecule is [B]OC(=O)[C@H](CC)O/N=C(\C(=O)CC1C(=O)N2C[C@@](C(=O)O[B])(N3CCN(NC(=O)C(=O)c4ccc(OCc5ccc(OC)cc5)c(OCc5ccc(OC)cc5)c4Cl)C3=O)S[C@H]12)c1csc(C)n1. The summed E-state index contributed by atoms with van der Waals surface area (Å²) in [6.45, 7) is 2.58. The van der Waals surface area contributed by atoms with Crippen molar-refractivity contribution in [2.75, 3.05) is 33.9 Å². The van der Waals surface area contributed by atoms with Crippen LogP contribution in [0, 0.1) is 12.8 Å². The Bertz CT molecular complexity index is 2680. The van der Waals surface area contributed by atoms with Gasteiger partial charge in [0.15, 0.2) is 23.0 Å². The number of nitrogens with zero attached hydrogens (tertiary/aromatic N) is 5. The fourth-order valence-corrected chi connectivity index (χ4v) is 10.1. The predicted octanol–water partition coefficient (Wildman–Crippen LogP) is 3.87. The monoisotopic (exact) mass is 998 g/mol. The van der Waals surface area contributed by atoms with Crippen LogP contribution in [0.25, 0.3) is 0 Å². The van der Waals surface area contributed by atoms with Gasteiger partial charge in [-0.1, -0.05) is 59.7 Å². The average molecular weight is 999 g/mol. The Labute approximate surface area is 410 Å². The van der Waals surface area contributed by atoms with Crippen LogP contribution in [0.15, 0.2) is 71.2 Å². The molecule has 3 fully saturated rings. The van der Waals surface area contributed by atoms with Gasteiger partial charge in [-0.25, -0.2) is 19.6 Å². The van der Waals surface area contributed by atoms with Gasteiger partial charge in [-0.15, -0.1) is 11.3 Å². The number of amides is 4. The fourth-order valence-electron chi connectivity index (χ4n) is 7.51. The highest BCUT2D eigenvalue weighted by Gasteiger charge is 2.66. The third kappa shape index (κ3) is 10.5. The molecule has 3 aliphatic rings. The van der Waals surface area contributed by atoms with Crippen LogP contribution in [0.5, 0.6) is 23.0 Å². The lowest BCUT2D eigenvalue weighted by atomic mass is 9.90. The lowest BCUT2D eigenvalue weighted by Gasteiger charge is -2.40. The molecule has 20 nitrogen and oxygen atoms in total. The Morgan fingerprint density at radius 2 is 1.58 bits per heavy atom. The van der Waals surface area contributed by atoms with Crippen molar-refractivity contribution in [1.82, 2.24) is 25.2 Å². The zero-order valence-electron chi connectivity index (χ0n) is 37.3. The number of urea groups is 1. The second-order valence-electron chi connectivity index (χ2n) is 15.4. The molecule has 0 saturated carbocycles. The first kappa shape index (κ1) is 50.1. The maximum Gasteiger partial charge on any atom is 0.378 e. The van der Waals surface area contributed by atoms with Crippen molar-refractivity contribution in [3.05, 3.63) is 98.5 Å². The zero-order chi connectivity index (χ0) is 49.6. The molecule has 7 rings (SSSR count). The van der Waals surface area contributed by atoms with Crippen molar-refractivity contribution in [3.63, 3.8) is 0 Å². The van der Waals surface area contributed by atoms with E-state index in [9.17, 15) is 33.6 Å². The first-order chi connectivity index (χ1) is 33.2. The van der Waals surface area contributed by atoms with Crippen molar-refractivity contribution >= 4 is 97.9 Å². The molecule has 4 aromatic rings. The molecule has 3 saturated heterocycles. The Kier molecular flexibility index (Phi) is 15.7. The number of Topliss-reactive ketones (excluding diaryl/α,β-unsaturated/α-hetero) is 2. The lowest BCUT2D eigenvalue weighted by molar-refractivity contribution is -0.153. The van der Waals surface area contributed by atoms with Gasteiger partial charge in [0, 0.05) is 18.3 Å². The molecular weight excluding hydrogens is 958 g/mol. The molecule has 25 heteroatoms. The summed E-state index contributed by atoms with van der Waals surface area (Å²) in [6, 6.07) is 16.0. The van der Waals surface area contributed by atoms with E-state index in [-0.39, 0.29) is 72.8 Å². The third-order valence-corrected chi connectivity index (χ3v) is 14.1. The van der Waals surface area contributed by atoms with E-state index in [0.717, 1.165) is 32.8 Å². The summed E-state index contributed by atoms with van der Waals surface area (Å²) in [5.74, 6) is -5.21. The zero-order valence-corrected chi connectivity index (χ0v) is 39.7. The number of aryl methyl sites for hydroxylation is 1. The van der Waals surface area contributed by atoms with E-state index in [1.165, 1.54) is 35.5 Å². The number of carbonyl (C=O) groups excluding carboxylic acids is 7. The normalized spacial score (nSPS) is 19.0. The Hall–Kier alpha value is -6.78. The van der Waals surface area contributed by atoms with Crippen LogP contribution in [-0.2, 0) is 51.3 Å². The summed E-state index contributed by atoms with van der Waals surface area (Å²) in [7, 11) is 13.5. The fraction of sp³-hybridized carbons (Fsp3) is 0.341. The number of β-lactam (4-membered cyclic amide) rings is 1. The first-order valence-corrected chi connectivity index (χ1v) is 23.1. The second-order valence-corrected chi connectivity index (χ2v) is 18.2. The van der Waals surface area contributed by atoms with Crippen LogP contribution in [0.3, 0.4) is 0 Å². The van der Waals surface area contributed by atoms with Crippen molar-refractivity contribution in [2.45, 2.75) is 56.3 Å². The van der Waals surface area contributed by atoms with Gasteiger partial charge in [-0.3, -0.25) is 34.3 Å². The highest BCUT2D eigenvalue weighted by Crippen LogP contribution is 2.53. The minimum atomic E-state index is -1.93. The molecular formula is C44H41B2ClN6O14S2. The van der Waals surface area contributed by atoms with Crippen LogP contribution >= 0.6 is 34.7 Å². The molecule has 0 spiro atoms. The minimum Gasteiger partial charge on any atom is -0.541 e. The van der Waals surface area contributed by atoms with Gasteiger partial charge < -0.3 is 38.0 Å². The van der Waals surface area contributed by atoms with Gasteiger partial charge in [0.2, 0.25) is 16.9 Å². The molecule has 4 radical (unpaired) electrons. The molecule has 3 aliphatic heterocycles. The number of oxime groups is 1.